The van der Waals surface area contributed by atoms with Crippen LogP contribution in [-0.2, 0) is 0 Å². The molecule has 0 fully saturated rings. The molecule has 6 heteroatoms. The molecule has 120 valence electrons. The monoisotopic (exact) mass is 322 g/mol. The molecule has 24 heavy (non-hydrogen) atoms. The number of carboxylic acid groups (broad SMARTS) is 1. The third-order valence-corrected chi connectivity index (χ3v) is 3.38. The van der Waals surface area contributed by atoms with Gasteiger partial charge in [0, 0.05) is 29.7 Å². The number of ether oxygens (including phenoxy) is 2. The molecule has 0 saturated carbocycles. The summed E-state index contributed by atoms with van der Waals surface area (Å²) >= 11 is 0. The molecule has 1 aromatic carbocycles. The topological polar surface area (TPSA) is 81.5 Å². The zero-order valence-electron chi connectivity index (χ0n) is 12.8. The van der Waals surface area contributed by atoms with Gasteiger partial charge in [-0.05, 0) is 42.5 Å². The minimum Gasteiger partial charge on any atom is -0.496 e. The number of pyridine rings is 2. The molecule has 0 unspecified atom stereocenters. The molecule has 0 amide bonds. The van der Waals surface area contributed by atoms with Crippen LogP contribution < -0.4 is 9.47 Å². The van der Waals surface area contributed by atoms with Gasteiger partial charge in [0.25, 0.3) is 0 Å². The van der Waals surface area contributed by atoms with Crippen LogP contribution in [0.15, 0.2) is 61.1 Å². The molecule has 2 aromatic heterocycles. The number of nitrogens with zero attached hydrogens (tertiary/aromatic N) is 2. The van der Waals surface area contributed by atoms with Gasteiger partial charge in [0.05, 0.1) is 12.7 Å². The van der Waals surface area contributed by atoms with E-state index in [1.807, 2.05) is 6.07 Å². The van der Waals surface area contributed by atoms with Gasteiger partial charge in [0.1, 0.15) is 11.5 Å². The van der Waals surface area contributed by atoms with Crippen LogP contribution in [0.3, 0.4) is 0 Å². The largest absolute Gasteiger partial charge is 0.496 e. The van der Waals surface area contributed by atoms with Crippen LogP contribution in [0.4, 0.5) is 0 Å². The fourth-order valence-electron chi connectivity index (χ4n) is 2.22. The average molecular weight is 322 g/mol. The van der Waals surface area contributed by atoms with Crippen LogP contribution in [-0.4, -0.2) is 28.2 Å². The molecule has 0 bridgehead atoms. The van der Waals surface area contributed by atoms with E-state index in [9.17, 15) is 4.79 Å². The van der Waals surface area contributed by atoms with Crippen molar-refractivity contribution in [3.63, 3.8) is 0 Å². The van der Waals surface area contributed by atoms with E-state index in [1.165, 1.54) is 12.1 Å². The lowest BCUT2D eigenvalue weighted by atomic mass is 10.1. The molecule has 0 aliphatic heterocycles. The summed E-state index contributed by atoms with van der Waals surface area (Å²) in [6, 6.07) is 11.5. The van der Waals surface area contributed by atoms with Gasteiger partial charge in [0.15, 0.2) is 0 Å². The van der Waals surface area contributed by atoms with Crippen molar-refractivity contribution in [2.45, 2.75) is 0 Å². The maximum Gasteiger partial charge on any atom is 0.335 e. The minimum absolute atomic E-state index is 0.192. The Morgan fingerprint density at radius 3 is 2.54 bits per heavy atom. The predicted octanol–water partition coefficient (Wildman–Crippen LogP) is 3.64. The van der Waals surface area contributed by atoms with Crippen molar-refractivity contribution in [3.8, 4) is 28.5 Å². The molecule has 0 radical (unpaired) electrons. The summed E-state index contributed by atoms with van der Waals surface area (Å²) < 4.78 is 11.2. The van der Waals surface area contributed by atoms with Gasteiger partial charge < -0.3 is 14.6 Å². The van der Waals surface area contributed by atoms with E-state index >= 15 is 0 Å². The molecule has 3 rings (SSSR count). The number of aromatic carboxylic acids is 1. The van der Waals surface area contributed by atoms with Crippen molar-refractivity contribution in [1.29, 1.82) is 0 Å². The van der Waals surface area contributed by atoms with E-state index in [4.69, 9.17) is 14.6 Å². The molecule has 0 saturated heterocycles. The van der Waals surface area contributed by atoms with E-state index in [0.717, 1.165) is 11.1 Å². The second kappa shape index (κ2) is 6.78. The van der Waals surface area contributed by atoms with Crippen molar-refractivity contribution in [2.75, 3.05) is 7.11 Å². The second-order valence-corrected chi connectivity index (χ2v) is 4.86. The summed E-state index contributed by atoms with van der Waals surface area (Å²) in [5.74, 6) is 0.541. The van der Waals surface area contributed by atoms with Gasteiger partial charge in [-0.1, -0.05) is 0 Å². The van der Waals surface area contributed by atoms with E-state index in [1.54, 1.807) is 50.0 Å². The van der Waals surface area contributed by atoms with Crippen LogP contribution >= 0.6 is 0 Å². The molecule has 0 aliphatic carbocycles. The van der Waals surface area contributed by atoms with Crippen LogP contribution in [0, 0.1) is 0 Å². The smallest absolute Gasteiger partial charge is 0.335 e. The van der Waals surface area contributed by atoms with Crippen molar-refractivity contribution in [1.82, 2.24) is 9.97 Å². The molecule has 2 heterocycles. The normalized spacial score (nSPS) is 10.2. The first-order valence-electron chi connectivity index (χ1n) is 7.13. The predicted molar refractivity (Wildman–Crippen MR) is 87.5 cm³/mol. The first kappa shape index (κ1) is 15.5. The van der Waals surface area contributed by atoms with Crippen molar-refractivity contribution >= 4 is 5.97 Å². The summed E-state index contributed by atoms with van der Waals surface area (Å²) in [7, 11) is 1.58. The second-order valence-electron chi connectivity index (χ2n) is 4.86. The van der Waals surface area contributed by atoms with E-state index < -0.39 is 5.97 Å². The third kappa shape index (κ3) is 3.17. The number of carbonyl (C=O) groups is 1. The molecular weight excluding hydrogens is 308 g/mol. The number of aromatic nitrogens is 2. The van der Waals surface area contributed by atoms with Crippen molar-refractivity contribution in [3.05, 3.63) is 66.6 Å². The van der Waals surface area contributed by atoms with Gasteiger partial charge in [-0.3, -0.25) is 4.98 Å². The van der Waals surface area contributed by atoms with Crippen molar-refractivity contribution in [2.24, 2.45) is 0 Å². The highest BCUT2D eigenvalue weighted by Crippen LogP contribution is 2.36. The number of methoxy groups -OCH3 is 1. The van der Waals surface area contributed by atoms with Crippen molar-refractivity contribution < 1.29 is 19.4 Å². The summed E-state index contributed by atoms with van der Waals surface area (Å²) in [5.41, 5.74) is 1.67. The summed E-state index contributed by atoms with van der Waals surface area (Å²) in [6.07, 6.45) is 4.94. The van der Waals surface area contributed by atoms with Crippen LogP contribution in [0.1, 0.15) is 10.4 Å². The quantitative estimate of drug-likeness (QED) is 0.772. The third-order valence-electron chi connectivity index (χ3n) is 3.38. The fourth-order valence-corrected chi connectivity index (χ4v) is 2.22. The van der Waals surface area contributed by atoms with Gasteiger partial charge in [-0.2, -0.15) is 0 Å². The van der Waals surface area contributed by atoms with Crippen LogP contribution in [0.5, 0.6) is 17.4 Å². The lowest BCUT2D eigenvalue weighted by molar-refractivity contribution is 0.0697. The number of hydrogen-bond acceptors (Lipinski definition) is 5. The van der Waals surface area contributed by atoms with E-state index in [0.29, 0.717) is 17.4 Å². The fraction of sp³-hybridized carbons (Fsp3) is 0.0556. The zero-order chi connectivity index (χ0) is 16.9. The van der Waals surface area contributed by atoms with Gasteiger partial charge in [-0.15, -0.1) is 0 Å². The molecular formula is C18H14N2O4. The van der Waals surface area contributed by atoms with E-state index in [-0.39, 0.29) is 5.56 Å². The van der Waals surface area contributed by atoms with E-state index in [2.05, 4.69) is 9.97 Å². The Labute approximate surface area is 138 Å². The van der Waals surface area contributed by atoms with Gasteiger partial charge in [-0.25, -0.2) is 9.78 Å². The number of benzene rings is 1. The number of rotatable bonds is 5. The first-order valence-corrected chi connectivity index (χ1v) is 7.13. The molecule has 0 spiro atoms. The maximum atomic E-state index is 10.9. The SMILES string of the molecule is COc1ccncc1-c1cccnc1Oc1ccc(C(=O)O)cc1. The molecule has 6 nitrogen and oxygen atoms in total. The Hall–Kier alpha value is -3.41. The van der Waals surface area contributed by atoms with Gasteiger partial charge in [0.2, 0.25) is 5.88 Å². The Bertz CT molecular complexity index is 863. The first-order chi connectivity index (χ1) is 11.7. The minimum atomic E-state index is -0.986. The average Bonchev–Trinajstić information content (AvgIpc) is 2.62. The highest BCUT2D eigenvalue weighted by Gasteiger charge is 2.13. The summed E-state index contributed by atoms with van der Waals surface area (Å²) in [5, 5.41) is 8.94. The molecule has 3 aromatic rings. The Balaban J connectivity index is 1.96. The number of hydrogen-bond donors (Lipinski definition) is 1. The maximum absolute atomic E-state index is 10.9. The highest BCUT2D eigenvalue weighted by molar-refractivity contribution is 5.87. The zero-order valence-corrected chi connectivity index (χ0v) is 12.8. The van der Waals surface area contributed by atoms with Gasteiger partial charge >= 0.3 is 5.97 Å². The number of carboxylic acids is 1. The van der Waals surface area contributed by atoms with Crippen LogP contribution in [0.2, 0.25) is 0 Å². The highest BCUT2D eigenvalue weighted by atomic mass is 16.5. The lowest BCUT2D eigenvalue weighted by Crippen LogP contribution is -1.97. The Morgan fingerprint density at radius 2 is 1.83 bits per heavy atom. The Morgan fingerprint density at radius 1 is 1.04 bits per heavy atom. The Kier molecular flexibility index (Phi) is 4.38. The molecule has 0 atom stereocenters. The summed E-state index contributed by atoms with van der Waals surface area (Å²) in [4.78, 5) is 19.3. The lowest BCUT2D eigenvalue weighted by Gasteiger charge is -2.12. The standard InChI is InChI=1S/C18H14N2O4/c1-23-16-8-10-19-11-15(16)14-3-2-9-20-17(14)24-13-6-4-12(5-7-13)18(21)22/h2-11H,1H3,(H,21,22). The molecule has 0 aliphatic rings. The van der Waals surface area contributed by atoms with Crippen LogP contribution in [0.25, 0.3) is 11.1 Å². The summed E-state index contributed by atoms with van der Waals surface area (Å²) in [6.45, 7) is 0. The molecule has 1 N–H and O–H groups in total.